The van der Waals surface area contributed by atoms with Gasteiger partial charge >= 0.3 is 0 Å². The minimum absolute atomic E-state index is 0.593. The van der Waals surface area contributed by atoms with E-state index in [1.54, 1.807) is 7.11 Å². The number of rotatable bonds is 10. The minimum Gasteiger partial charge on any atom is -0.382 e. The maximum atomic E-state index is 5.33. The zero-order chi connectivity index (χ0) is 12.3. The van der Waals surface area contributed by atoms with E-state index in [9.17, 15) is 0 Å². The molecule has 0 saturated carbocycles. The van der Waals surface area contributed by atoms with Crippen LogP contribution in [0.5, 0.6) is 0 Å². The van der Waals surface area contributed by atoms with Crippen molar-refractivity contribution in [2.45, 2.75) is 19.8 Å². The monoisotopic (exact) mass is 243 g/mol. The molecule has 0 unspecified atom stereocenters. The molecule has 1 rings (SSSR count). The molecule has 0 aliphatic carbocycles. The fourth-order valence-corrected chi connectivity index (χ4v) is 1.27. The van der Waals surface area contributed by atoms with Crippen LogP contribution in [-0.2, 0) is 22.3 Å². The standard InChI is InChI=1S/C11H21N3O3/c1-3-12-6-4-11-13-10(14-17-11)5-7-16-9-8-15-2/h12H,3-9H2,1-2H3. The Balaban J connectivity index is 2.12. The third-order valence-corrected chi connectivity index (χ3v) is 2.18. The summed E-state index contributed by atoms with van der Waals surface area (Å²) in [4.78, 5) is 4.27. The molecule has 0 aliphatic rings. The highest BCUT2D eigenvalue weighted by molar-refractivity contribution is 4.87. The van der Waals surface area contributed by atoms with Crippen molar-refractivity contribution in [3.05, 3.63) is 11.7 Å². The largest absolute Gasteiger partial charge is 0.382 e. The fraction of sp³-hybridized carbons (Fsp3) is 0.818. The number of ether oxygens (including phenoxy) is 2. The first kappa shape index (κ1) is 14.1. The van der Waals surface area contributed by atoms with Crippen molar-refractivity contribution < 1.29 is 14.0 Å². The summed E-state index contributed by atoms with van der Waals surface area (Å²) in [5.41, 5.74) is 0. The first-order valence-electron chi connectivity index (χ1n) is 5.95. The van der Waals surface area contributed by atoms with Gasteiger partial charge in [-0.3, -0.25) is 0 Å². The van der Waals surface area contributed by atoms with Gasteiger partial charge in [0, 0.05) is 26.5 Å². The summed E-state index contributed by atoms with van der Waals surface area (Å²) in [5, 5.41) is 7.09. The third kappa shape index (κ3) is 6.35. The van der Waals surface area contributed by atoms with Crippen molar-refractivity contribution in [3.63, 3.8) is 0 Å². The highest BCUT2D eigenvalue weighted by Crippen LogP contribution is 1.99. The molecule has 0 spiro atoms. The third-order valence-electron chi connectivity index (χ3n) is 2.18. The van der Waals surface area contributed by atoms with Gasteiger partial charge in [-0.05, 0) is 6.54 Å². The van der Waals surface area contributed by atoms with Crippen LogP contribution in [0.2, 0.25) is 0 Å². The second-order valence-electron chi connectivity index (χ2n) is 3.56. The Morgan fingerprint density at radius 1 is 1.24 bits per heavy atom. The Morgan fingerprint density at radius 2 is 2.12 bits per heavy atom. The molecule has 0 radical (unpaired) electrons. The Labute approximate surface area is 102 Å². The maximum Gasteiger partial charge on any atom is 0.227 e. The van der Waals surface area contributed by atoms with E-state index in [1.807, 2.05) is 0 Å². The average molecular weight is 243 g/mol. The molecule has 0 aromatic carbocycles. The predicted molar refractivity (Wildman–Crippen MR) is 62.9 cm³/mol. The van der Waals surface area contributed by atoms with Crippen LogP contribution in [0, 0.1) is 0 Å². The van der Waals surface area contributed by atoms with Gasteiger partial charge in [-0.1, -0.05) is 12.1 Å². The molecule has 98 valence electrons. The smallest absolute Gasteiger partial charge is 0.227 e. The molecule has 1 N–H and O–H groups in total. The van der Waals surface area contributed by atoms with Crippen molar-refractivity contribution >= 4 is 0 Å². The van der Waals surface area contributed by atoms with E-state index in [1.165, 1.54) is 0 Å². The van der Waals surface area contributed by atoms with Crippen LogP contribution in [-0.4, -0.2) is 50.2 Å². The van der Waals surface area contributed by atoms with Crippen molar-refractivity contribution in [3.8, 4) is 0 Å². The van der Waals surface area contributed by atoms with Gasteiger partial charge < -0.3 is 19.3 Å². The van der Waals surface area contributed by atoms with Gasteiger partial charge in [-0.25, -0.2) is 0 Å². The van der Waals surface area contributed by atoms with Gasteiger partial charge in [0.2, 0.25) is 5.89 Å². The van der Waals surface area contributed by atoms with E-state index in [0.29, 0.717) is 38.0 Å². The number of hydrogen-bond donors (Lipinski definition) is 1. The number of methoxy groups -OCH3 is 1. The van der Waals surface area contributed by atoms with E-state index in [0.717, 1.165) is 19.5 Å². The lowest BCUT2D eigenvalue weighted by molar-refractivity contribution is 0.0714. The molecule has 0 amide bonds. The molecule has 0 atom stereocenters. The molecule has 1 heterocycles. The lowest BCUT2D eigenvalue weighted by atomic mass is 10.4. The zero-order valence-electron chi connectivity index (χ0n) is 10.6. The van der Waals surface area contributed by atoms with Crippen LogP contribution in [0.3, 0.4) is 0 Å². The first-order valence-corrected chi connectivity index (χ1v) is 5.95. The van der Waals surface area contributed by atoms with Crippen molar-refractivity contribution in [2.24, 2.45) is 0 Å². The Bertz CT molecular complexity index is 291. The van der Waals surface area contributed by atoms with Crippen LogP contribution in [0.25, 0.3) is 0 Å². The summed E-state index contributed by atoms with van der Waals surface area (Å²) in [6, 6.07) is 0. The average Bonchev–Trinajstić information content (AvgIpc) is 2.77. The summed E-state index contributed by atoms with van der Waals surface area (Å²) < 4.78 is 15.3. The number of hydrogen-bond acceptors (Lipinski definition) is 6. The van der Waals surface area contributed by atoms with E-state index < -0.39 is 0 Å². The van der Waals surface area contributed by atoms with Crippen LogP contribution in [0.4, 0.5) is 0 Å². The molecule has 17 heavy (non-hydrogen) atoms. The summed E-state index contributed by atoms with van der Waals surface area (Å²) >= 11 is 0. The highest BCUT2D eigenvalue weighted by atomic mass is 16.5. The molecule has 0 saturated heterocycles. The Hall–Kier alpha value is -0.980. The van der Waals surface area contributed by atoms with Crippen LogP contribution in [0.15, 0.2) is 4.52 Å². The number of aromatic nitrogens is 2. The van der Waals surface area contributed by atoms with E-state index in [4.69, 9.17) is 14.0 Å². The van der Waals surface area contributed by atoms with Crippen LogP contribution >= 0.6 is 0 Å². The SMILES string of the molecule is CCNCCc1nc(CCOCCOC)no1. The molecule has 6 heteroatoms. The lowest BCUT2D eigenvalue weighted by Crippen LogP contribution is -2.16. The molecule has 1 aromatic heterocycles. The number of nitrogens with zero attached hydrogens (tertiary/aromatic N) is 2. The van der Waals surface area contributed by atoms with E-state index in [-0.39, 0.29) is 0 Å². The summed E-state index contributed by atoms with van der Waals surface area (Å²) in [6.07, 6.45) is 1.44. The zero-order valence-corrected chi connectivity index (χ0v) is 10.6. The van der Waals surface area contributed by atoms with Gasteiger partial charge in [-0.15, -0.1) is 0 Å². The first-order chi connectivity index (χ1) is 8.36. The van der Waals surface area contributed by atoms with Gasteiger partial charge in [-0.2, -0.15) is 4.98 Å². The number of likely N-dealkylation sites (N-methyl/N-ethyl adjacent to an activating group) is 1. The number of nitrogens with one attached hydrogen (secondary N) is 1. The topological polar surface area (TPSA) is 69.4 Å². The molecule has 0 aliphatic heterocycles. The highest BCUT2D eigenvalue weighted by Gasteiger charge is 2.05. The van der Waals surface area contributed by atoms with E-state index >= 15 is 0 Å². The predicted octanol–water partition coefficient (Wildman–Crippen LogP) is 0.427. The lowest BCUT2D eigenvalue weighted by Gasteiger charge is -2.00. The molecule has 1 aromatic rings. The molecular formula is C11H21N3O3. The quantitative estimate of drug-likeness (QED) is 0.601. The van der Waals surface area contributed by atoms with Gasteiger partial charge in [0.05, 0.1) is 19.8 Å². The summed E-state index contributed by atoms with van der Waals surface area (Å²) in [7, 11) is 1.65. The van der Waals surface area contributed by atoms with Crippen molar-refractivity contribution in [1.29, 1.82) is 0 Å². The summed E-state index contributed by atoms with van der Waals surface area (Å²) in [5.74, 6) is 1.38. The van der Waals surface area contributed by atoms with Crippen molar-refractivity contribution in [2.75, 3.05) is 40.0 Å². The van der Waals surface area contributed by atoms with Crippen molar-refractivity contribution in [1.82, 2.24) is 15.5 Å². The van der Waals surface area contributed by atoms with Crippen LogP contribution < -0.4 is 5.32 Å². The Morgan fingerprint density at radius 3 is 2.88 bits per heavy atom. The molecule has 6 nitrogen and oxygen atoms in total. The Kier molecular flexibility index (Phi) is 7.53. The van der Waals surface area contributed by atoms with Gasteiger partial charge in [0.1, 0.15) is 0 Å². The van der Waals surface area contributed by atoms with E-state index in [2.05, 4.69) is 22.4 Å². The maximum absolute atomic E-state index is 5.33. The molecule has 0 fully saturated rings. The second kappa shape index (κ2) is 9.09. The van der Waals surface area contributed by atoms with Gasteiger partial charge in [0.15, 0.2) is 5.82 Å². The molecular weight excluding hydrogens is 222 g/mol. The second-order valence-corrected chi connectivity index (χ2v) is 3.56. The summed E-state index contributed by atoms with van der Waals surface area (Å²) in [6.45, 7) is 5.69. The minimum atomic E-state index is 0.593. The molecule has 0 bridgehead atoms. The van der Waals surface area contributed by atoms with Crippen LogP contribution in [0.1, 0.15) is 18.6 Å². The normalized spacial score (nSPS) is 10.9. The van der Waals surface area contributed by atoms with Gasteiger partial charge in [0.25, 0.3) is 0 Å². The fourth-order valence-electron chi connectivity index (χ4n) is 1.27.